The van der Waals surface area contributed by atoms with Crippen molar-refractivity contribution in [1.82, 2.24) is 0 Å². The Morgan fingerprint density at radius 1 is 1.18 bits per heavy atom. The maximum absolute atomic E-state index is 13.2. The zero-order valence-corrected chi connectivity index (χ0v) is 17.9. The first kappa shape index (κ1) is 21.8. The van der Waals surface area contributed by atoms with E-state index in [1.807, 2.05) is 12.1 Å². The highest BCUT2D eigenvalue weighted by atomic mass is 19.4. The Bertz CT molecular complexity index is 1110. The molecule has 2 aliphatic heterocycles. The van der Waals surface area contributed by atoms with Crippen molar-refractivity contribution in [3.8, 4) is 5.75 Å². The highest BCUT2D eigenvalue weighted by Gasteiger charge is 2.36. The number of carbonyl (C=O) groups is 1. The summed E-state index contributed by atoms with van der Waals surface area (Å²) in [7, 11) is 0. The second-order valence-electron chi connectivity index (χ2n) is 8.99. The van der Waals surface area contributed by atoms with Crippen molar-refractivity contribution in [3.05, 3.63) is 59.2 Å². The number of halogens is 3. The van der Waals surface area contributed by atoms with Crippen LogP contribution in [0.2, 0.25) is 0 Å². The number of fused-ring (bicyclic) bond motifs is 2. The maximum atomic E-state index is 13.2. The fourth-order valence-electron chi connectivity index (χ4n) is 4.76. The number of hydrogen-bond donors (Lipinski definition) is 3. The molecule has 5 rings (SSSR count). The van der Waals surface area contributed by atoms with Crippen LogP contribution in [0.15, 0.2) is 42.5 Å². The van der Waals surface area contributed by atoms with Crippen molar-refractivity contribution < 1.29 is 27.8 Å². The van der Waals surface area contributed by atoms with Crippen LogP contribution in [0.25, 0.3) is 5.57 Å². The van der Waals surface area contributed by atoms with Gasteiger partial charge in [0.25, 0.3) is 0 Å². The highest BCUT2D eigenvalue weighted by Crippen LogP contribution is 2.44. The lowest BCUT2D eigenvalue weighted by Gasteiger charge is -2.38. The van der Waals surface area contributed by atoms with Crippen LogP contribution < -0.4 is 15.4 Å². The number of alkyl halides is 3. The van der Waals surface area contributed by atoms with E-state index in [0.29, 0.717) is 36.2 Å². The molecule has 2 unspecified atom stereocenters. The molecule has 3 N–H and O–H groups in total. The Kier molecular flexibility index (Phi) is 5.56. The zero-order chi connectivity index (χ0) is 23.2. The molecule has 3 aliphatic rings. The van der Waals surface area contributed by atoms with E-state index in [-0.39, 0.29) is 23.7 Å². The monoisotopic (exact) mass is 458 g/mol. The molecule has 5 nitrogen and oxygen atoms in total. The molecule has 1 amide bonds. The summed E-state index contributed by atoms with van der Waals surface area (Å²) in [5.74, 6) is 0.0999. The smallest absolute Gasteiger partial charge is 0.416 e. The van der Waals surface area contributed by atoms with Crippen LogP contribution >= 0.6 is 0 Å². The zero-order valence-electron chi connectivity index (χ0n) is 17.9. The number of ether oxygens (including phenoxy) is 1. The SMILES string of the molecule is O=C(/C=C1\CC(C2CCC2)Oc2cc(C(F)(F)F)ccc21)Nc1cccc2c1CC(O)CN2. The van der Waals surface area contributed by atoms with E-state index in [4.69, 9.17) is 4.74 Å². The number of aliphatic hydroxyl groups excluding tert-OH is 1. The molecule has 0 radical (unpaired) electrons. The van der Waals surface area contributed by atoms with Gasteiger partial charge in [0.15, 0.2) is 0 Å². The summed E-state index contributed by atoms with van der Waals surface area (Å²) in [6.07, 6.45) is 0.159. The molecule has 2 aromatic carbocycles. The summed E-state index contributed by atoms with van der Waals surface area (Å²) in [5.41, 5.74) is 2.73. The van der Waals surface area contributed by atoms with Crippen LogP contribution in [0.4, 0.5) is 24.5 Å². The van der Waals surface area contributed by atoms with Gasteiger partial charge in [-0.15, -0.1) is 0 Å². The molecule has 174 valence electrons. The third-order valence-electron chi connectivity index (χ3n) is 6.74. The van der Waals surface area contributed by atoms with Crippen LogP contribution in [0, 0.1) is 5.92 Å². The van der Waals surface area contributed by atoms with Crippen molar-refractivity contribution in [2.75, 3.05) is 17.2 Å². The predicted molar refractivity (Wildman–Crippen MR) is 119 cm³/mol. The summed E-state index contributed by atoms with van der Waals surface area (Å²) < 4.78 is 45.7. The molecule has 8 heteroatoms. The Morgan fingerprint density at radius 2 is 2.00 bits per heavy atom. The van der Waals surface area contributed by atoms with E-state index in [1.54, 1.807) is 6.07 Å². The summed E-state index contributed by atoms with van der Waals surface area (Å²) in [4.78, 5) is 13.0. The lowest BCUT2D eigenvalue weighted by atomic mass is 9.77. The first-order chi connectivity index (χ1) is 15.8. The van der Waals surface area contributed by atoms with Gasteiger partial charge in [-0.25, -0.2) is 0 Å². The number of amides is 1. The summed E-state index contributed by atoms with van der Waals surface area (Å²) in [5, 5.41) is 16.0. The van der Waals surface area contributed by atoms with Crippen LogP contribution in [-0.4, -0.2) is 29.8 Å². The normalized spacial score (nSPS) is 23.6. The minimum Gasteiger partial charge on any atom is -0.489 e. The number of rotatable bonds is 3. The predicted octanol–water partition coefficient (Wildman–Crippen LogP) is 5.01. The van der Waals surface area contributed by atoms with Gasteiger partial charge in [0.05, 0.1) is 11.7 Å². The van der Waals surface area contributed by atoms with E-state index in [2.05, 4.69) is 10.6 Å². The van der Waals surface area contributed by atoms with E-state index in [1.165, 1.54) is 12.1 Å². The third kappa shape index (κ3) is 4.44. The Labute approximate surface area is 189 Å². The average molecular weight is 458 g/mol. The van der Waals surface area contributed by atoms with E-state index < -0.39 is 17.8 Å². The second-order valence-corrected chi connectivity index (χ2v) is 8.99. The van der Waals surface area contributed by atoms with Gasteiger partial charge in [0.1, 0.15) is 11.9 Å². The third-order valence-corrected chi connectivity index (χ3v) is 6.74. The van der Waals surface area contributed by atoms with Crippen molar-refractivity contribution >= 4 is 22.9 Å². The summed E-state index contributed by atoms with van der Waals surface area (Å²) >= 11 is 0. The molecule has 1 aliphatic carbocycles. The fourth-order valence-corrected chi connectivity index (χ4v) is 4.76. The minimum atomic E-state index is -4.46. The Morgan fingerprint density at radius 3 is 2.73 bits per heavy atom. The van der Waals surface area contributed by atoms with E-state index in [0.717, 1.165) is 42.6 Å². The molecule has 2 atom stereocenters. The number of nitrogens with one attached hydrogen (secondary N) is 2. The van der Waals surface area contributed by atoms with Crippen LogP contribution in [-0.2, 0) is 17.4 Å². The average Bonchev–Trinajstić information content (AvgIpc) is 2.72. The number of benzene rings is 2. The van der Waals surface area contributed by atoms with Crippen molar-refractivity contribution in [2.45, 2.75) is 50.5 Å². The first-order valence-corrected chi connectivity index (χ1v) is 11.2. The standard InChI is InChI=1S/C25H25F3N2O3/c26-25(27,28)16-7-8-18-15(9-22(14-3-1-4-14)33-23(18)11-16)10-24(32)30-21-6-2-5-20-19(21)12-17(31)13-29-20/h2,5-8,10-11,14,17,22,29,31H,1,3-4,9,12-13H2,(H,30,32)/b15-10+. The molecule has 2 aromatic rings. The van der Waals surface area contributed by atoms with Crippen LogP contribution in [0.3, 0.4) is 0 Å². The number of anilines is 2. The van der Waals surface area contributed by atoms with Gasteiger partial charge in [0, 0.05) is 48.0 Å². The molecule has 33 heavy (non-hydrogen) atoms. The summed E-state index contributed by atoms with van der Waals surface area (Å²) in [6.45, 7) is 0.452. The highest BCUT2D eigenvalue weighted by molar-refractivity contribution is 6.05. The number of carbonyl (C=O) groups excluding carboxylic acids is 1. The van der Waals surface area contributed by atoms with Gasteiger partial charge in [-0.05, 0) is 48.6 Å². The first-order valence-electron chi connectivity index (χ1n) is 11.2. The van der Waals surface area contributed by atoms with Gasteiger partial charge in [-0.1, -0.05) is 18.6 Å². The van der Waals surface area contributed by atoms with Gasteiger partial charge in [0.2, 0.25) is 5.91 Å². The topological polar surface area (TPSA) is 70.6 Å². The van der Waals surface area contributed by atoms with Crippen molar-refractivity contribution in [1.29, 1.82) is 0 Å². The molecular formula is C25H25F3N2O3. The van der Waals surface area contributed by atoms with Crippen molar-refractivity contribution in [3.63, 3.8) is 0 Å². The van der Waals surface area contributed by atoms with Gasteiger partial charge >= 0.3 is 6.18 Å². The van der Waals surface area contributed by atoms with Gasteiger partial charge < -0.3 is 20.5 Å². The molecule has 0 saturated heterocycles. The van der Waals surface area contributed by atoms with E-state index >= 15 is 0 Å². The maximum Gasteiger partial charge on any atom is 0.416 e. The molecular weight excluding hydrogens is 433 g/mol. The van der Waals surface area contributed by atoms with Crippen LogP contribution in [0.1, 0.15) is 42.4 Å². The minimum absolute atomic E-state index is 0.177. The van der Waals surface area contributed by atoms with Crippen molar-refractivity contribution in [2.24, 2.45) is 5.92 Å². The van der Waals surface area contributed by atoms with Crippen LogP contribution in [0.5, 0.6) is 5.75 Å². The molecule has 0 bridgehead atoms. The van der Waals surface area contributed by atoms with Gasteiger partial charge in [-0.3, -0.25) is 4.79 Å². The van der Waals surface area contributed by atoms with Gasteiger partial charge in [-0.2, -0.15) is 13.2 Å². The van der Waals surface area contributed by atoms with E-state index in [9.17, 15) is 23.1 Å². The number of hydrogen-bond acceptors (Lipinski definition) is 4. The molecule has 1 saturated carbocycles. The number of aliphatic hydroxyl groups is 1. The Hall–Kier alpha value is -3.00. The quantitative estimate of drug-likeness (QED) is 0.566. The lowest BCUT2D eigenvalue weighted by Crippen LogP contribution is -2.34. The number of β-amino-alcohol motifs (C(OH)–C–C–N with tert-alkyl or cyclic N) is 1. The fraction of sp³-hybridized carbons (Fsp3) is 0.400. The molecule has 0 spiro atoms. The second kappa shape index (κ2) is 8.41. The lowest BCUT2D eigenvalue weighted by molar-refractivity contribution is -0.137. The summed E-state index contributed by atoms with van der Waals surface area (Å²) in [6, 6.07) is 8.94. The molecule has 2 heterocycles. The Balaban J connectivity index is 1.44. The molecule has 1 fully saturated rings. The molecule has 0 aromatic heterocycles. The largest absolute Gasteiger partial charge is 0.489 e.